The zero-order chi connectivity index (χ0) is 32.3. The van der Waals surface area contributed by atoms with Crippen LogP contribution in [-0.4, -0.2) is 69.9 Å². The molecule has 3 aliphatic heterocycles. The average Bonchev–Trinajstić information content (AvgIpc) is 2.96. The highest BCUT2D eigenvalue weighted by Gasteiger charge is 2.47. The van der Waals surface area contributed by atoms with Gasteiger partial charge in [-0.2, -0.15) is 10.5 Å². The van der Waals surface area contributed by atoms with Gasteiger partial charge in [0.25, 0.3) is 5.60 Å². The summed E-state index contributed by atoms with van der Waals surface area (Å²) in [5.41, 5.74) is -6.70. The van der Waals surface area contributed by atoms with E-state index in [1.807, 2.05) is 9.48 Å². The third-order valence-corrected chi connectivity index (χ3v) is 10.2. The fourth-order valence-corrected chi connectivity index (χ4v) is 7.49. The van der Waals surface area contributed by atoms with Crippen LogP contribution in [0.5, 0.6) is 0 Å². The molecule has 10 nitrogen and oxygen atoms in total. The lowest BCUT2D eigenvalue weighted by Gasteiger charge is -2.35. The molecule has 14 heteroatoms. The molecule has 2 aromatic rings. The minimum atomic E-state index is -4.30. The zero-order valence-electron chi connectivity index (χ0n) is 23.7. The molecule has 1 N–H and O–H groups in total. The zero-order valence-corrected chi connectivity index (χ0v) is 24.5. The summed E-state index contributed by atoms with van der Waals surface area (Å²) in [6.45, 7) is 1.86. The van der Waals surface area contributed by atoms with E-state index in [1.54, 1.807) is 12.1 Å². The third-order valence-electron chi connectivity index (χ3n) is 8.34. The van der Waals surface area contributed by atoms with Crippen molar-refractivity contribution in [1.29, 1.82) is 10.5 Å². The highest BCUT2D eigenvalue weighted by atomic mass is 32.2. The number of hydrogen-bond donors (Lipinski definition) is 1. The average molecular weight is 638 g/mol. The van der Waals surface area contributed by atoms with Gasteiger partial charge in [-0.05, 0) is 24.6 Å². The molecule has 0 saturated carbocycles. The number of nitrogens with zero attached hydrogens (tertiary/aromatic N) is 4. The minimum Gasteiger partial charge on any atom is -0.478 e. The number of anilines is 1. The number of aromatic carboxylic acids is 1. The molecule has 1 aliphatic carbocycles. The van der Waals surface area contributed by atoms with Crippen molar-refractivity contribution in [3.05, 3.63) is 86.6 Å². The summed E-state index contributed by atoms with van der Waals surface area (Å²) in [5.74, 6) is -8.04. The first-order valence-electron chi connectivity index (χ1n) is 13.8. The number of methoxy groups -OCH3 is 1. The molecule has 2 saturated heterocycles. The van der Waals surface area contributed by atoms with Crippen LogP contribution in [0.4, 0.5) is 18.9 Å². The maximum atomic E-state index is 16.9. The lowest BCUT2D eigenvalue weighted by Crippen LogP contribution is -2.37. The lowest BCUT2D eigenvalue weighted by atomic mass is 9.83. The van der Waals surface area contributed by atoms with Crippen LogP contribution in [-0.2, 0) is 24.9 Å². The van der Waals surface area contributed by atoms with E-state index in [0.29, 0.717) is 37.6 Å². The standard InChI is InChI=1S/C31H23F3N4O6S/c1-43-16-44-31(14-35,15-36)26-27(32)24(25(30(39)40)28(33)29(26)34)23-19-6-4-17(37-8-2-9-37)12-21(19)45(41,42)22-13-18(5-7-20(22)23)38-10-3-11-38/h4-7,12-13H,2-3,8-11,16H2,1H3/p+1. The summed E-state index contributed by atoms with van der Waals surface area (Å²) in [4.78, 5) is 13.8. The number of rotatable bonds is 7. The van der Waals surface area contributed by atoms with Gasteiger partial charge in [0, 0.05) is 60.3 Å². The molecule has 0 bridgehead atoms. The molecular formula is C31H24F3N4O6S+. The van der Waals surface area contributed by atoms with Gasteiger partial charge in [-0.25, -0.2) is 31.0 Å². The molecule has 45 heavy (non-hydrogen) atoms. The molecule has 6 rings (SSSR count). The highest BCUT2D eigenvalue weighted by molar-refractivity contribution is 7.95. The molecule has 2 aromatic carbocycles. The van der Waals surface area contributed by atoms with E-state index in [4.69, 9.17) is 9.47 Å². The predicted molar refractivity (Wildman–Crippen MR) is 152 cm³/mol. The normalized spacial score (nSPS) is 18.3. The number of fused-ring (bicyclic) bond motifs is 2. The maximum absolute atomic E-state index is 16.9. The molecule has 0 radical (unpaired) electrons. The largest absolute Gasteiger partial charge is 0.478 e. The van der Waals surface area contributed by atoms with Gasteiger partial charge < -0.3 is 19.5 Å². The molecule has 0 unspecified atom stereocenters. The molecular weight excluding hydrogens is 613 g/mol. The van der Waals surface area contributed by atoms with E-state index in [0.717, 1.165) is 20.0 Å². The topological polar surface area (TPSA) is 144 Å². The first-order valence-corrected chi connectivity index (χ1v) is 15.3. The third kappa shape index (κ3) is 4.48. The number of hydrogen-bond acceptors (Lipinski definition) is 8. The van der Waals surface area contributed by atoms with Crippen LogP contribution in [0, 0.1) is 40.1 Å². The van der Waals surface area contributed by atoms with Gasteiger partial charge in [0.05, 0.1) is 21.8 Å². The first kappa shape index (κ1) is 30.3. The Morgan fingerprint density at radius 3 is 2.36 bits per heavy atom. The molecule has 0 spiro atoms. The van der Waals surface area contributed by atoms with Crippen molar-refractivity contribution in [2.45, 2.75) is 23.3 Å². The maximum Gasteiger partial charge on any atom is 0.339 e. The number of carbonyl (C=O) groups is 1. The first-order chi connectivity index (χ1) is 21.5. The van der Waals surface area contributed by atoms with Crippen LogP contribution >= 0.6 is 0 Å². The Balaban J connectivity index is 1.75. The van der Waals surface area contributed by atoms with Gasteiger partial charge in [0.1, 0.15) is 43.4 Å². The fourth-order valence-electron chi connectivity index (χ4n) is 5.78. The van der Waals surface area contributed by atoms with Gasteiger partial charge in [0.15, 0.2) is 11.6 Å². The van der Waals surface area contributed by atoms with Crippen molar-refractivity contribution in [2.75, 3.05) is 45.0 Å². The number of nitriles is 2. The number of benzene rings is 2. The van der Waals surface area contributed by atoms with Crippen LogP contribution < -0.4 is 4.90 Å². The Morgan fingerprint density at radius 1 is 1.09 bits per heavy atom. The molecule has 4 aliphatic rings. The molecule has 0 aromatic heterocycles. The summed E-state index contributed by atoms with van der Waals surface area (Å²) in [6.07, 6.45) is 6.09. The molecule has 0 atom stereocenters. The molecule has 230 valence electrons. The van der Waals surface area contributed by atoms with Crippen LogP contribution in [0.3, 0.4) is 0 Å². The van der Waals surface area contributed by atoms with E-state index in [2.05, 4.69) is 0 Å². The highest BCUT2D eigenvalue weighted by Crippen LogP contribution is 2.49. The van der Waals surface area contributed by atoms with Crippen molar-refractivity contribution >= 4 is 32.8 Å². The minimum absolute atomic E-state index is 0.167. The summed E-state index contributed by atoms with van der Waals surface area (Å²) in [7, 11) is -3.19. The van der Waals surface area contributed by atoms with Gasteiger partial charge in [-0.1, -0.05) is 6.07 Å². The number of carboxylic acids is 1. The van der Waals surface area contributed by atoms with Gasteiger partial charge >= 0.3 is 5.97 Å². The van der Waals surface area contributed by atoms with E-state index < -0.39 is 62.3 Å². The fraction of sp³-hybridized carbons (Fsp3) is 0.290. The van der Waals surface area contributed by atoms with E-state index in [9.17, 15) is 28.8 Å². The summed E-state index contributed by atoms with van der Waals surface area (Å²) in [6, 6.07) is 7.01. The Labute approximate surface area is 255 Å². The van der Waals surface area contributed by atoms with E-state index >= 15 is 13.2 Å². The molecule has 2 fully saturated rings. The van der Waals surface area contributed by atoms with Crippen molar-refractivity contribution in [2.24, 2.45) is 0 Å². The van der Waals surface area contributed by atoms with Crippen molar-refractivity contribution in [3.8, 4) is 12.1 Å². The number of carboxylic acid groups (broad SMARTS) is 1. The Morgan fingerprint density at radius 2 is 1.80 bits per heavy atom. The number of allylic oxidation sites excluding steroid dienone is 4. The summed E-state index contributed by atoms with van der Waals surface area (Å²) in [5, 5.41) is 29.8. The van der Waals surface area contributed by atoms with Gasteiger partial charge in [0.2, 0.25) is 15.5 Å². The lowest BCUT2D eigenvalue weighted by molar-refractivity contribution is -0.582. The second-order valence-corrected chi connectivity index (χ2v) is 12.6. The van der Waals surface area contributed by atoms with Gasteiger partial charge in [-0.15, -0.1) is 0 Å². The Bertz CT molecular complexity index is 2000. The van der Waals surface area contributed by atoms with Gasteiger partial charge in [-0.3, -0.25) is 0 Å². The van der Waals surface area contributed by atoms with Crippen molar-refractivity contribution < 1.29 is 45.5 Å². The molecule has 3 heterocycles. The SMILES string of the molecule is COCOC(C#N)(C#N)c1c(F)c(F)c(C(=O)O)c(C2=C3C=CC(=[N+]4CCC4)C=C3S(=O)(=O)c3cc(N4CCC4)ccc32)c1F. The number of ether oxygens (including phenoxy) is 2. The van der Waals surface area contributed by atoms with Crippen LogP contribution in [0.25, 0.3) is 5.57 Å². The smallest absolute Gasteiger partial charge is 0.339 e. The second-order valence-electron chi connectivity index (χ2n) is 10.7. The summed E-state index contributed by atoms with van der Waals surface area (Å²) >= 11 is 0. The van der Waals surface area contributed by atoms with Crippen LogP contribution in [0.2, 0.25) is 0 Å². The Hall–Kier alpha value is -4.76. The monoisotopic (exact) mass is 637 g/mol. The number of halogens is 3. The Kier molecular flexibility index (Phi) is 7.40. The molecule has 0 amide bonds. The second kappa shape index (κ2) is 11.0. The summed E-state index contributed by atoms with van der Waals surface area (Å²) < 4.78 is 88.3. The van der Waals surface area contributed by atoms with Crippen LogP contribution in [0.1, 0.15) is 39.9 Å². The van der Waals surface area contributed by atoms with Crippen LogP contribution in [0.15, 0.2) is 51.8 Å². The van der Waals surface area contributed by atoms with Crippen molar-refractivity contribution in [3.63, 3.8) is 0 Å². The predicted octanol–water partition coefficient (Wildman–Crippen LogP) is 3.78. The van der Waals surface area contributed by atoms with Crippen molar-refractivity contribution in [1.82, 2.24) is 0 Å². The quantitative estimate of drug-likeness (QED) is 0.273. The number of sulfone groups is 1. The van der Waals surface area contributed by atoms with E-state index in [-0.39, 0.29) is 26.5 Å². The van der Waals surface area contributed by atoms with E-state index in [1.165, 1.54) is 36.4 Å².